The smallest absolute Gasteiger partial charge is 0.322 e. The molecule has 0 aliphatic heterocycles. The Kier molecular flexibility index (Phi) is 4.68. The van der Waals surface area contributed by atoms with Crippen LogP contribution in [0.4, 0.5) is 0 Å². The van der Waals surface area contributed by atoms with Gasteiger partial charge in [0.15, 0.2) is 0 Å². The molecular weight excluding hydrogens is 348 g/mol. The number of hydrogen-bond donors (Lipinski definition) is 3. The molecule has 0 aliphatic carbocycles. The zero-order chi connectivity index (χ0) is 19.7. The zero-order valence-corrected chi connectivity index (χ0v) is 14.8. The quantitative estimate of drug-likeness (QED) is 0.655. The van der Waals surface area contributed by atoms with Crippen LogP contribution in [0.15, 0.2) is 47.3 Å². The predicted molar refractivity (Wildman–Crippen MR) is 101 cm³/mol. The van der Waals surface area contributed by atoms with Crippen molar-refractivity contribution >= 4 is 22.8 Å². The Bertz CT molecular complexity index is 1120. The Morgan fingerprint density at radius 2 is 1.81 bits per heavy atom. The summed E-state index contributed by atoms with van der Waals surface area (Å²) in [6.45, 7) is 1.25. The topological polar surface area (TPSA) is 109 Å². The van der Waals surface area contributed by atoms with E-state index in [1.54, 1.807) is 12.1 Å². The zero-order valence-electron chi connectivity index (χ0n) is 14.8. The van der Waals surface area contributed by atoms with Crippen molar-refractivity contribution in [2.24, 2.45) is 7.05 Å². The number of amides is 1. The number of nitrogens with zero attached hydrogens (tertiary/aromatic N) is 1. The van der Waals surface area contributed by atoms with Crippen LogP contribution in [0.1, 0.15) is 15.9 Å². The number of aromatic nitrogens is 1. The third-order valence-electron chi connectivity index (χ3n) is 4.43. The van der Waals surface area contributed by atoms with Gasteiger partial charge in [-0.15, -0.1) is 0 Å². The third-order valence-corrected chi connectivity index (χ3v) is 4.43. The van der Waals surface area contributed by atoms with Crippen LogP contribution in [0.5, 0.6) is 5.75 Å². The maximum Gasteiger partial charge on any atom is 0.322 e. The number of rotatable bonds is 4. The number of fused-ring (bicyclic) bond motifs is 1. The highest BCUT2D eigenvalue weighted by Gasteiger charge is 2.22. The number of benzene rings is 2. The molecular formula is C20H18N2O5. The molecule has 3 rings (SSSR count). The fourth-order valence-electron chi connectivity index (χ4n) is 3.05. The predicted octanol–water partition coefficient (Wildman–Crippen LogP) is 2.03. The number of carbonyl (C=O) groups excluding carboxylic acids is 1. The van der Waals surface area contributed by atoms with Gasteiger partial charge in [-0.3, -0.25) is 14.4 Å². The fraction of sp³-hybridized carbons (Fsp3) is 0.150. The average molecular weight is 366 g/mol. The Balaban J connectivity index is 2.25. The summed E-state index contributed by atoms with van der Waals surface area (Å²) >= 11 is 0. The maximum atomic E-state index is 12.6. The van der Waals surface area contributed by atoms with Crippen LogP contribution in [-0.4, -0.2) is 33.2 Å². The fourth-order valence-corrected chi connectivity index (χ4v) is 3.05. The van der Waals surface area contributed by atoms with Crippen molar-refractivity contribution in [3.8, 4) is 16.9 Å². The standard InChI is InChI=1S/C20H18N2O5/c1-11-8-15-14(9-13(11)12-6-4-3-5-7-12)18(25)17(20(27)22(15)2)19(26)21-10-16(23)24/h3-9,25H,10H2,1-2H3,(H,21,26)(H,23,24). The molecule has 27 heavy (non-hydrogen) atoms. The highest BCUT2D eigenvalue weighted by Crippen LogP contribution is 2.33. The molecule has 3 N–H and O–H groups in total. The molecule has 1 heterocycles. The molecule has 0 radical (unpaired) electrons. The lowest BCUT2D eigenvalue weighted by molar-refractivity contribution is -0.135. The van der Waals surface area contributed by atoms with Gasteiger partial charge >= 0.3 is 5.97 Å². The number of aliphatic carboxylic acids is 1. The summed E-state index contributed by atoms with van der Waals surface area (Å²) in [6.07, 6.45) is 0. The number of carboxylic acids is 1. The second-order valence-electron chi connectivity index (χ2n) is 6.21. The van der Waals surface area contributed by atoms with Crippen molar-refractivity contribution in [2.75, 3.05) is 6.54 Å². The highest BCUT2D eigenvalue weighted by atomic mass is 16.4. The van der Waals surface area contributed by atoms with E-state index in [2.05, 4.69) is 5.32 Å². The molecule has 1 amide bonds. The van der Waals surface area contributed by atoms with Gasteiger partial charge in [-0.05, 0) is 35.7 Å². The van der Waals surface area contributed by atoms with Gasteiger partial charge in [0.2, 0.25) is 0 Å². The Morgan fingerprint density at radius 3 is 2.44 bits per heavy atom. The number of aromatic hydroxyl groups is 1. The summed E-state index contributed by atoms with van der Waals surface area (Å²) in [5.41, 5.74) is 2.00. The van der Waals surface area contributed by atoms with Crippen LogP contribution >= 0.6 is 0 Å². The van der Waals surface area contributed by atoms with Gasteiger partial charge in [-0.1, -0.05) is 30.3 Å². The van der Waals surface area contributed by atoms with Crippen LogP contribution in [0.25, 0.3) is 22.0 Å². The van der Waals surface area contributed by atoms with E-state index in [1.165, 1.54) is 11.6 Å². The van der Waals surface area contributed by atoms with Crippen LogP contribution in [0, 0.1) is 6.92 Å². The minimum absolute atomic E-state index is 0.335. The summed E-state index contributed by atoms with van der Waals surface area (Å²) in [5, 5.41) is 21.8. The van der Waals surface area contributed by atoms with Gasteiger partial charge in [-0.25, -0.2) is 0 Å². The van der Waals surface area contributed by atoms with Gasteiger partial charge < -0.3 is 20.1 Å². The normalized spacial score (nSPS) is 10.7. The number of aryl methyl sites for hydroxylation is 2. The maximum absolute atomic E-state index is 12.6. The number of carboxylic acid groups (broad SMARTS) is 1. The van der Waals surface area contributed by atoms with Crippen molar-refractivity contribution in [2.45, 2.75) is 6.92 Å². The van der Waals surface area contributed by atoms with Crippen molar-refractivity contribution in [3.05, 3.63) is 63.9 Å². The molecule has 2 aromatic carbocycles. The van der Waals surface area contributed by atoms with E-state index in [-0.39, 0.29) is 0 Å². The first kappa shape index (κ1) is 18.2. The van der Waals surface area contributed by atoms with E-state index in [0.29, 0.717) is 10.9 Å². The summed E-state index contributed by atoms with van der Waals surface area (Å²) < 4.78 is 1.27. The van der Waals surface area contributed by atoms with Crippen LogP contribution in [0.3, 0.4) is 0 Å². The van der Waals surface area contributed by atoms with E-state index in [1.807, 2.05) is 37.3 Å². The van der Waals surface area contributed by atoms with Gasteiger partial charge in [-0.2, -0.15) is 0 Å². The van der Waals surface area contributed by atoms with Crippen LogP contribution < -0.4 is 10.9 Å². The molecule has 0 fully saturated rings. The Hall–Kier alpha value is -3.61. The Labute approximate surface area is 154 Å². The molecule has 7 nitrogen and oxygen atoms in total. The van der Waals surface area contributed by atoms with Crippen molar-refractivity contribution < 1.29 is 19.8 Å². The van der Waals surface area contributed by atoms with E-state index in [0.717, 1.165) is 16.7 Å². The molecule has 0 atom stereocenters. The number of hydrogen-bond acceptors (Lipinski definition) is 4. The minimum atomic E-state index is -1.25. The largest absolute Gasteiger partial charge is 0.506 e. The van der Waals surface area contributed by atoms with Crippen molar-refractivity contribution in [1.29, 1.82) is 0 Å². The first-order valence-electron chi connectivity index (χ1n) is 8.23. The molecule has 0 aliphatic rings. The van der Waals surface area contributed by atoms with Crippen molar-refractivity contribution in [1.82, 2.24) is 9.88 Å². The molecule has 3 aromatic rings. The van der Waals surface area contributed by atoms with Gasteiger partial charge in [0.05, 0.1) is 5.52 Å². The number of pyridine rings is 1. The van der Waals surface area contributed by atoms with E-state index < -0.39 is 35.3 Å². The lowest BCUT2D eigenvalue weighted by Gasteiger charge is -2.15. The minimum Gasteiger partial charge on any atom is -0.506 e. The summed E-state index contributed by atoms with van der Waals surface area (Å²) in [6, 6.07) is 13.0. The molecule has 138 valence electrons. The molecule has 7 heteroatoms. The van der Waals surface area contributed by atoms with Crippen LogP contribution in [0.2, 0.25) is 0 Å². The molecule has 1 aromatic heterocycles. The van der Waals surface area contributed by atoms with E-state index in [9.17, 15) is 19.5 Å². The van der Waals surface area contributed by atoms with Gasteiger partial charge in [0.1, 0.15) is 17.9 Å². The second-order valence-corrected chi connectivity index (χ2v) is 6.21. The SMILES string of the molecule is Cc1cc2c(cc1-c1ccccc1)c(O)c(C(=O)NCC(=O)O)c(=O)n2C. The second kappa shape index (κ2) is 6.95. The lowest BCUT2D eigenvalue weighted by Crippen LogP contribution is -2.35. The molecule has 0 bridgehead atoms. The summed E-state index contributed by atoms with van der Waals surface area (Å²) in [7, 11) is 1.50. The van der Waals surface area contributed by atoms with Gasteiger partial charge in [0, 0.05) is 12.4 Å². The molecule has 0 saturated carbocycles. The van der Waals surface area contributed by atoms with E-state index in [4.69, 9.17) is 5.11 Å². The first-order chi connectivity index (χ1) is 12.8. The first-order valence-corrected chi connectivity index (χ1v) is 8.23. The lowest BCUT2D eigenvalue weighted by atomic mass is 9.97. The highest BCUT2D eigenvalue weighted by molar-refractivity contribution is 6.04. The monoisotopic (exact) mass is 366 g/mol. The van der Waals surface area contributed by atoms with E-state index >= 15 is 0 Å². The summed E-state index contributed by atoms with van der Waals surface area (Å²) in [4.78, 5) is 35.5. The number of carbonyl (C=O) groups is 2. The third kappa shape index (κ3) is 3.27. The molecule has 0 spiro atoms. The Morgan fingerprint density at radius 1 is 1.15 bits per heavy atom. The summed E-state index contributed by atoms with van der Waals surface area (Å²) in [5.74, 6) is -2.64. The van der Waals surface area contributed by atoms with Crippen LogP contribution in [-0.2, 0) is 11.8 Å². The van der Waals surface area contributed by atoms with Crippen molar-refractivity contribution in [3.63, 3.8) is 0 Å². The van der Waals surface area contributed by atoms with Gasteiger partial charge in [0.25, 0.3) is 11.5 Å². The number of nitrogens with one attached hydrogen (secondary N) is 1. The molecule has 0 saturated heterocycles. The average Bonchev–Trinajstić information content (AvgIpc) is 2.65. The molecule has 0 unspecified atom stereocenters.